The largest absolute Gasteiger partial charge is 0.394 e. The number of rotatable bonds is 36. The first-order valence-corrected chi connectivity index (χ1v) is 20.2. The van der Waals surface area contributed by atoms with Gasteiger partial charge in [0.2, 0.25) is 5.91 Å². The van der Waals surface area contributed by atoms with E-state index in [1.54, 1.807) is 0 Å². The molecule has 0 aromatic carbocycles. The maximum atomic E-state index is 12.3. The van der Waals surface area contributed by atoms with Crippen LogP contribution in [0.4, 0.5) is 0 Å². The van der Waals surface area contributed by atoms with Crippen molar-refractivity contribution in [3.8, 4) is 0 Å². The lowest BCUT2D eigenvalue weighted by molar-refractivity contribution is -0.123. The zero-order valence-electron chi connectivity index (χ0n) is 30.8. The molecule has 0 heterocycles. The Labute approximate surface area is 287 Å². The van der Waals surface area contributed by atoms with E-state index in [4.69, 9.17) is 0 Å². The first-order chi connectivity index (χ1) is 22.7. The summed E-state index contributed by atoms with van der Waals surface area (Å²) in [6.45, 7) is 4.23. The molecular formula is C42H79NO3. The van der Waals surface area contributed by atoms with Crippen LogP contribution < -0.4 is 5.32 Å². The van der Waals surface area contributed by atoms with Gasteiger partial charge in [-0.1, -0.05) is 192 Å². The molecule has 0 bridgehead atoms. The molecule has 0 aliphatic rings. The Balaban J connectivity index is 3.53. The molecule has 0 spiro atoms. The second kappa shape index (κ2) is 38.1. The Morgan fingerprint density at radius 1 is 0.543 bits per heavy atom. The molecular weight excluding hydrogens is 566 g/mol. The van der Waals surface area contributed by atoms with Crippen LogP contribution in [0.3, 0.4) is 0 Å². The number of carbonyl (C=O) groups is 1. The van der Waals surface area contributed by atoms with Gasteiger partial charge in [-0.05, 0) is 44.9 Å². The number of aliphatic hydroxyl groups is 2. The minimum absolute atomic E-state index is 0.0605. The van der Waals surface area contributed by atoms with Crippen molar-refractivity contribution < 1.29 is 15.0 Å². The third-order valence-corrected chi connectivity index (χ3v) is 9.17. The van der Waals surface area contributed by atoms with Gasteiger partial charge in [-0.3, -0.25) is 4.79 Å². The van der Waals surface area contributed by atoms with Crippen LogP contribution in [-0.4, -0.2) is 34.9 Å². The van der Waals surface area contributed by atoms with E-state index in [0.29, 0.717) is 12.8 Å². The number of carbonyl (C=O) groups excluding carboxylic acids is 1. The molecule has 0 fully saturated rings. The van der Waals surface area contributed by atoms with E-state index in [0.717, 1.165) is 57.8 Å². The standard InChI is InChI=1S/C42H79NO3/c1-3-5-7-9-11-13-15-17-18-19-20-21-22-23-24-26-27-29-31-33-35-37-41(45)40(39-44)43-42(46)38-36-34-32-30-28-25-16-14-12-10-8-6-4-2/h6,8,12,14,25,28,40-41,44-45H,3-5,7,9-11,13,15-24,26-27,29-39H2,1-2H3,(H,43,46)/b8-6-,14-12-,28-25-. The molecule has 270 valence electrons. The molecule has 4 nitrogen and oxygen atoms in total. The molecule has 0 aromatic rings. The molecule has 0 radical (unpaired) electrons. The second-order valence-corrected chi connectivity index (χ2v) is 13.7. The predicted octanol–water partition coefficient (Wildman–Crippen LogP) is 12.2. The maximum absolute atomic E-state index is 12.3. The van der Waals surface area contributed by atoms with Crippen molar-refractivity contribution in [2.75, 3.05) is 6.61 Å². The number of unbranched alkanes of at least 4 members (excludes halogenated alkanes) is 23. The predicted molar refractivity (Wildman–Crippen MR) is 202 cm³/mol. The molecule has 0 rings (SSSR count). The van der Waals surface area contributed by atoms with Gasteiger partial charge in [-0.2, -0.15) is 0 Å². The van der Waals surface area contributed by atoms with E-state index in [9.17, 15) is 15.0 Å². The monoisotopic (exact) mass is 646 g/mol. The van der Waals surface area contributed by atoms with Gasteiger partial charge in [0.15, 0.2) is 0 Å². The van der Waals surface area contributed by atoms with Crippen molar-refractivity contribution in [2.45, 2.75) is 219 Å². The highest BCUT2D eigenvalue weighted by Gasteiger charge is 2.19. The van der Waals surface area contributed by atoms with Crippen LogP contribution in [0.25, 0.3) is 0 Å². The molecule has 0 saturated heterocycles. The van der Waals surface area contributed by atoms with E-state index in [1.165, 1.54) is 122 Å². The van der Waals surface area contributed by atoms with Crippen LogP contribution in [0, 0.1) is 0 Å². The number of allylic oxidation sites excluding steroid dienone is 6. The zero-order valence-corrected chi connectivity index (χ0v) is 30.8. The minimum atomic E-state index is -0.670. The summed E-state index contributed by atoms with van der Waals surface area (Å²) in [5.41, 5.74) is 0. The molecule has 2 atom stereocenters. The summed E-state index contributed by atoms with van der Waals surface area (Å²) in [4.78, 5) is 12.3. The van der Waals surface area contributed by atoms with Gasteiger partial charge in [-0.25, -0.2) is 0 Å². The highest BCUT2D eigenvalue weighted by molar-refractivity contribution is 5.76. The topological polar surface area (TPSA) is 69.6 Å². The Morgan fingerprint density at radius 2 is 0.957 bits per heavy atom. The average Bonchev–Trinajstić information content (AvgIpc) is 3.06. The Morgan fingerprint density at radius 3 is 1.41 bits per heavy atom. The number of hydrogen-bond acceptors (Lipinski definition) is 3. The van der Waals surface area contributed by atoms with Gasteiger partial charge in [0, 0.05) is 6.42 Å². The van der Waals surface area contributed by atoms with Gasteiger partial charge in [0.25, 0.3) is 0 Å². The van der Waals surface area contributed by atoms with Gasteiger partial charge in [-0.15, -0.1) is 0 Å². The van der Waals surface area contributed by atoms with Crippen LogP contribution in [0.1, 0.15) is 206 Å². The Kier molecular flexibility index (Phi) is 36.9. The average molecular weight is 646 g/mol. The fraction of sp³-hybridized carbons (Fsp3) is 0.833. The van der Waals surface area contributed by atoms with E-state index in [2.05, 4.69) is 55.6 Å². The summed E-state index contributed by atoms with van der Waals surface area (Å²) >= 11 is 0. The van der Waals surface area contributed by atoms with Crippen molar-refractivity contribution in [3.05, 3.63) is 36.5 Å². The van der Waals surface area contributed by atoms with E-state index in [1.807, 2.05) is 0 Å². The molecule has 46 heavy (non-hydrogen) atoms. The summed E-state index contributed by atoms with van der Waals surface area (Å²) < 4.78 is 0. The number of aliphatic hydroxyl groups excluding tert-OH is 2. The molecule has 0 aliphatic carbocycles. The Hall–Kier alpha value is -1.39. The molecule has 3 N–H and O–H groups in total. The first kappa shape index (κ1) is 44.6. The molecule has 0 saturated carbocycles. The molecule has 1 amide bonds. The van der Waals surface area contributed by atoms with Crippen molar-refractivity contribution >= 4 is 5.91 Å². The lowest BCUT2D eigenvalue weighted by Crippen LogP contribution is -2.45. The molecule has 2 unspecified atom stereocenters. The van der Waals surface area contributed by atoms with E-state index in [-0.39, 0.29) is 12.5 Å². The van der Waals surface area contributed by atoms with Crippen molar-refractivity contribution in [3.63, 3.8) is 0 Å². The summed E-state index contributed by atoms with van der Waals surface area (Å²) in [5.74, 6) is -0.0605. The van der Waals surface area contributed by atoms with Crippen LogP contribution in [0.2, 0.25) is 0 Å². The van der Waals surface area contributed by atoms with Crippen LogP contribution >= 0.6 is 0 Å². The van der Waals surface area contributed by atoms with Gasteiger partial charge in [0.05, 0.1) is 18.8 Å². The molecule has 0 aliphatic heterocycles. The van der Waals surface area contributed by atoms with Gasteiger partial charge in [0.1, 0.15) is 0 Å². The van der Waals surface area contributed by atoms with Gasteiger partial charge < -0.3 is 15.5 Å². The number of nitrogens with one attached hydrogen (secondary N) is 1. The quantitative estimate of drug-likeness (QED) is 0.0469. The first-order valence-electron chi connectivity index (χ1n) is 20.2. The highest BCUT2D eigenvalue weighted by Crippen LogP contribution is 2.16. The summed E-state index contributed by atoms with van der Waals surface area (Å²) in [7, 11) is 0. The minimum Gasteiger partial charge on any atom is -0.394 e. The SMILES string of the molecule is CC/C=C\C/C=C\C/C=C\CCCCCC(=O)NC(CO)C(O)CCCCCCCCCCCCCCCCCCCCCCC. The van der Waals surface area contributed by atoms with E-state index < -0.39 is 12.1 Å². The van der Waals surface area contributed by atoms with Crippen molar-refractivity contribution in [2.24, 2.45) is 0 Å². The molecule has 4 heteroatoms. The van der Waals surface area contributed by atoms with Crippen molar-refractivity contribution in [1.82, 2.24) is 5.32 Å². The van der Waals surface area contributed by atoms with Gasteiger partial charge >= 0.3 is 0 Å². The second-order valence-electron chi connectivity index (χ2n) is 13.7. The normalized spacial score (nSPS) is 13.4. The smallest absolute Gasteiger partial charge is 0.220 e. The third kappa shape index (κ3) is 34.0. The van der Waals surface area contributed by atoms with Crippen LogP contribution in [-0.2, 0) is 4.79 Å². The fourth-order valence-electron chi connectivity index (χ4n) is 6.08. The number of amides is 1. The lowest BCUT2D eigenvalue weighted by Gasteiger charge is -2.22. The Bertz CT molecular complexity index is 701. The van der Waals surface area contributed by atoms with Crippen LogP contribution in [0.15, 0.2) is 36.5 Å². The summed E-state index contributed by atoms with van der Waals surface area (Å²) in [6, 6.07) is -0.550. The highest BCUT2D eigenvalue weighted by atomic mass is 16.3. The van der Waals surface area contributed by atoms with Crippen molar-refractivity contribution in [1.29, 1.82) is 0 Å². The third-order valence-electron chi connectivity index (χ3n) is 9.17. The summed E-state index contributed by atoms with van der Waals surface area (Å²) in [5, 5.41) is 23.1. The van der Waals surface area contributed by atoms with E-state index >= 15 is 0 Å². The number of hydrogen-bond donors (Lipinski definition) is 3. The van der Waals surface area contributed by atoms with Crippen LogP contribution in [0.5, 0.6) is 0 Å². The summed E-state index contributed by atoms with van der Waals surface area (Å²) in [6.07, 6.45) is 49.3. The lowest BCUT2D eigenvalue weighted by atomic mass is 10.0. The zero-order chi connectivity index (χ0) is 33.6. The molecule has 0 aromatic heterocycles. The maximum Gasteiger partial charge on any atom is 0.220 e. The fourth-order valence-corrected chi connectivity index (χ4v) is 6.08.